The summed E-state index contributed by atoms with van der Waals surface area (Å²) in [7, 11) is 0. The van der Waals surface area contributed by atoms with Crippen LogP contribution in [0.15, 0.2) is 12.4 Å². The van der Waals surface area contributed by atoms with E-state index in [0.717, 1.165) is 0 Å². The number of hydrogen-bond acceptors (Lipinski definition) is 2. The average molecular weight is 407 g/mol. The lowest BCUT2D eigenvalue weighted by Crippen LogP contribution is -2.39. The fraction of sp³-hybridized carbons (Fsp3) is 0.926. The Morgan fingerprint density at radius 3 is 1.31 bits per heavy atom. The standard InChI is InChI=1S/C27H54N2/c1-4-7-10-12-14-16-18-20-22-27-28(23-9-6-3)25-26-29(27)24-21-19-17-15-13-11-8-5-2/h25-27H,4-24H2,1-3H3. The molecule has 172 valence electrons. The Kier molecular flexibility index (Phi) is 17.6. The number of nitrogens with zero attached hydrogens (tertiary/aromatic N) is 2. The van der Waals surface area contributed by atoms with E-state index in [4.69, 9.17) is 0 Å². The fourth-order valence-corrected chi connectivity index (χ4v) is 4.57. The van der Waals surface area contributed by atoms with Crippen LogP contribution in [-0.4, -0.2) is 29.1 Å². The van der Waals surface area contributed by atoms with E-state index in [1.54, 1.807) is 0 Å². The molecule has 1 aliphatic rings. The van der Waals surface area contributed by atoms with Gasteiger partial charge in [0.15, 0.2) is 0 Å². The molecule has 0 aliphatic carbocycles. The van der Waals surface area contributed by atoms with Gasteiger partial charge in [-0.3, -0.25) is 0 Å². The van der Waals surface area contributed by atoms with Gasteiger partial charge in [0.1, 0.15) is 6.17 Å². The normalized spacial score (nSPS) is 16.3. The van der Waals surface area contributed by atoms with Gasteiger partial charge in [0.05, 0.1) is 0 Å². The second kappa shape index (κ2) is 19.3. The predicted molar refractivity (Wildman–Crippen MR) is 131 cm³/mol. The van der Waals surface area contributed by atoms with E-state index in [1.165, 1.54) is 135 Å². The molecule has 2 nitrogen and oxygen atoms in total. The van der Waals surface area contributed by atoms with E-state index in [-0.39, 0.29) is 0 Å². The molecule has 0 aromatic rings. The van der Waals surface area contributed by atoms with E-state index < -0.39 is 0 Å². The van der Waals surface area contributed by atoms with E-state index in [9.17, 15) is 0 Å². The van der Waals surface area contributed by atoms with E-state index >= 15 is 0 Å². The van der Waals surface area contributed by atoms with Crippen molar-refractivity contribution in [2.45, 2.75) is 149 Å². The first-order valence-electron chi connectivity index (χ1n) is 13.5. The second-order valence-electron chi connectivity index (χ2n) is 9.35. The lowest BCUT2D eigenvalue weighted by Gasteiger charge is -2.33. The monoisotopic (exact) mass is 406 g/mol. The summed E-state index contributed by atoms with van der Waals surface area (Å²) in [6.07, 6.45) is 32.1. The minimum atomic E-state index is 0.645. The van der Waals surface area contributed by atoms with Gasteiger partial charge in [-0.25, -0.2) is 0 Å². The summed E-state index contributed by atoms with van der Waals surface area (Å²) in [5.41, 5.74) is 0. The van der Waals surface area contributed by atoms with Crippen molar-refractivity contribution in [3.05, 3.63) is 12.4 Å². The number of unbranched alkanes of at least 4 members (excludes halogenated alkanes) is 15. The third kappa shape index (κ3) is 13.3. The fourth-order valence-electron chi connectivity index (χ4n) is 4.57. The first-order valence-corrected chi connectivity index (χ1v) is 13.5. The Bertz CT molecular complexity index is 366. The molecule has 0 aromatic heterocycles. The topological polar surface area (TPSA) is 6.48 Å². The van der Waals surface area contributed by atoms with Crippen LogP contribution in [0.5, 0.6) is 0 Å². The SMILES string of the molecule is CCCCCCCCCCC1N(CCCC)C=CN1CCCCCCCCCC. The maximum Gasteiger partial charge on any atom is 0.101 e. The molecule has 0 saturated heterocycles. The number of rotatable bonds is 21. The van der Waals surface area contributed by atoms with Crippen molar-refractivity contribution in [1.29, 1.82) is 0 Å². The molecular formula is C27H54N2. The van der Waals surface area contributed by atoms with Crippen LogP contribution in [0.25, 0.3) is 0 Å². The van der Waals surface area contributed by atoms with Gasteiger partial charge < -0.3 is 9.80 Å². The zero-order valence-corrected chi connectivity index (χ0v) is 20.5. The first-order chi connectivity index (χ1) is 14.3. The van der Waals surface area contributed by atoms with Gasteiger partial charge in [0.2, 0.25) is 0 Å². The van der Waals surface area contributed by atoms with Gasteiger partial charge in [-0.2, -0.15) is 0 Å². The van der Waals surface area contributed by atoms with Crippen molar-refractivity contribution in [3.8, 4) is 0 Å². The van der Waals surface area contributed by atoms with Gasteiger partial charge in [-0.1, -0.05) is 117 Å². The molecule has 0 N–H and O–H groups in total. The molecule has 0 bridgehead atoms. The van der Waals surface area contributed by atoms with Crippen LogP contribution in [-0.2, 0) is 0 Å². The highest BCUT2D eigenvalue weighted by atomic mass is 15.4. The van der Waals surface area contributed by atoms with Crippen molar-refractivity contribution in [2.75, 3.05) is 13.1 Å². The maximum absolute atomic E-state index is 2.66. The van der Waals surface area contributed by atoms with Crippen LogP contribution in [0.1, 0.15) is 143 Å². The van der Waals surface area contributed by atoms with E-state index in [0.29, 0.717) is 6.17 Å². The van der Waals surface area contributed by atoms with Gasteiger partial charge in [0.25, 0.3) is 0 Å². The summed E-state index contributed by atoms with van der Waals surface area (Å²) in [6, 6.07) is 0. The molecule has 1 heterocycles. The van der Waals surface area contributed by atoms with E-state index in [1.807, 2.05) is 0 Å². The summed E-state index contributed by atoms with van der Waals surface area (Å²) >= 11 is 0. The molecule has 0 amide bonds. The summed E-state index contributed by atoms with van der Waals surface area (Å²) in [5, 5.41) is 0. The average Bonchev–Trinajstić information content (AvgIpc) is 3.12. The Hall–Kier alpha value is -0.660. The Balaban J connectivity index is 2.20. The van der Waals surface area contributed by atoms with Gasteiger partial charge >= 0.3 is 0 Å². The summed E-state index contributed by atoms with van der Waals surface area (Å²) in [6.45, 7) is 9.42. The summed E-state index contributed by atoms with van der Waals surface area (Å²) < 4.78 is 0. The highest BCUT2D eigenvalue weighted by Gasteiger charge is 2.24. The van der Waals surface area contributed by atoms with Crippen LogP contribution >= 0.6 is 0 Å². The van der Waals surface area contributed by atoms with Gasteiger partial charge in [-0.05, 0) is 25.7 Å². The third-order valence-corrected chi connectivity index (χ3v) is 6.57. The largest absolute Gasteiger partial charge is 0.356 e. The molecular weight excluding hydrogens is 352 g/mol. The third-order valence-electron chi connectivity index (χ3n) is 6.57. The molecule has 1 rings (SSSR count). The molecule has 1 atom stereocenters. The molecule has 0 aromatic carbocycles. The first kappa shape index (κ1) is 26.4. The minimum absolute atomic E-state index is 0.645. The summed E-state index contributed by atoms with van der Waals surface area (Å²) in [5.74, 6) is 0. The maximum atomic E-state index is 2.66. The van der Waals surface area contributed by atoms with Gasteiger partial charge in [-0.15, -0.1) is 0 Å². The summed E-state index contributed by atoms with van der Waals surface area (Å²) in [4.78, 5) is 5.30. The minimum Gasteiger partial charge on any atom is -0.356 e. The molecule has 29 heavy (non-hydrogen) atoms. The Morgan fingerprint density at radius 1 is 0.448 bits per heavy atom. The van der Waals surface area contributed by atoms with Crippen molar-refractivity contribution < 1.29 is 0 Å². The van der Waals surface area contributed by atoms with Crippen molar-refractivity contribution in [1.82, 2.24) is 9.80 Å². The molecule has 2 heteroatoms. The Morgan fingerprint density at radius 2 is 0.828 bits per heavy atom. The zero-order chi connectivity index (χ0) is 21.0. The lowest BCUT2D eigenvalue weighted by atomic mass is 10.1. The van der Waals surface area contributed by atoms with Crippen LogP contribution in [0, 0.1) is 0 Å². The highest BCUT2D eigenvalue weighted by Crippen LogP contribution is 2.23. The zero-order valence-electron chi connectivity index (χ0n) is 20.5. The molecule has 1 unspecified atom stereocenters. The molecule has 0 radical (unpaired) electrons. The van der Waals surface area contributed by atoms with Crippen molar-refractivity contribution in [2.24, 2.45) is 0 Å². The van der Waals surface area contributed by atoms with Crippen molar-refractivity contribution in [3.63, 3.8) is 0 Å². The number of hydrogen-bond donors (Lipinski definition) is 0. The van der Waals surface area contributed by atoms with Crippen molar-refractivity contribution >= 4 is 0 Å². The smallest absolute Gasteiger partial charge is 0.101 e. The van der Waals surface area contributed by atoms with Crippen LogP contribution in [0.3, 0.4) is 0 Å². The molecule has 0 saturated carbocycles. The van der Waals surface area contributed by atoms with Crippen LogP contribution in [0.4, 0.5) is 0 Å². The van der Waals surface area contributed by atoms with Crippen LogP contribution < -0.4 is 0 Å². The van der Waals surface area contributed by atoms with E-state index in [2.05, 4.69) is 43.0 Å². The second-order valence-corrected chi connectivity index (χ2v) is 9.35. The quantitative estimate of drug-likeness (QED) is 0.176. The Labute approximate surface area is 184 Å². The lowest BCUT2D eigenvalue weighted by molar-refractivity contribution is 0.136. The van der Waals surface area contributed by atoms with Crippen LogP contribution in [0.2, 0.25) is 0 Å². The van der Waals surface area contributed by atoms with Gasteiger partial charge in [0, 0.05) is 25.5 Å². The molecule has 1 aliphatic heterocycles. The molecule has 0 fully saturated rings. The predicted octanol–water partition coefficient (Wildman–Crippen LogP) is 8.87. The highest BCUT2D eigenvalue weighted by molar-refractivity contribution is 4.96. The molecule has 0 spiro atoms.